The summed E-state index contributed by atoms with van der Waals surface area (Å²) >= 11 is 0. The number of guanidine groups is 1. The average Bonchev–Trinajstić information content (AvgIpc) is 3.98. The number of aliphatic carboxylic acids is 1. The number of nitrogens with two attached hydrogens (primary N) is 4. The first kappa shape index (κ1) is 43.9. The van der Waals surface area contributed by atoms with Crippen LogP contribution in [0.5, 0.6) is 0 Å². The summed E-state index contributed by atoms with van der Waals surface area (Å²) in [7, 11) is 0. The summed E-state index contributed by atoms with van der Waals surface area (Å²) in [6.07, 6.45) is 4.53. The topological polar surface area (TPSA) is 335 Å². The Morgan fingerprint density at radius 3 is 1.48 bits per heavy atom. The number of primary amides is 1. The van der Waals surface area contributed by atoms with Crippen molar-refractivity contribution in [3.63, 3.8) is 0 Å². The van der Waals surface area contributed by atoms with E-state index >= 15 is 0 Å². The maximum atomic E-state index is 14.2. The van der Waals surface area contributed by atoms with Crippen LogP contribution in [0.15, 0.2) is 96.4 Å². The molecule has 0 aliphatic carbocycles. The number of benzene rings is 3. The van der Waals surface area contributed by atoms with Gasteiger partial charge in [-0.3, -0.25) is 29.0 Å². The molecule has 0 spiro atoms. The van der Waals surface area contributed by atoms with Crippen molar-refractivity contribution in [1.29, 1.82) is 0 Å². The van der Waals surface area contributed by atoms with E-state index in [0.29, 0.717) is 11.1 Å². The highest BCUT2D eigenvalue weighted by Gasteiger charge is 2.33. The van der Waals surface area contributed by atoms with Crippen LogP contribution in [0.25, 0.3) is 32.7 Å². The van der Waals surface area contributed by atoms with E-state index in [9.17, 15) is 33.9 Å². The van der Waals surface area contributed by atoms with Crippen LogP contribution in [0.2, 0.25) is 0 Å². The van der Waals surface area contributed by atoms with E-state index in [1.807, 2.05) is 66.7 Å². The van der Waals surface area contributed by atoms with Crippen LogP contribution >= 0.6 is 0 Å². The van der Waals surface area contributed by atoms with Gasteiger partial charge in [0.2, 0.25) is 29.5 Å². The minimum absolute atomic E-state index is 0.0465. The molecule has 19 nitrogen and oxygen atoms in total. The second kappa shape index (κ2) is 20.1. The van der Waals surface area contributed by atoms with Crippen molar-refractivity contribution in [3.05, 3.63) is 108 Å². The molecule has 324 valence electrons. The SMILES string of the molecule is NC(=O)C[C@H](NC(=O)[C@H](Cc1c[nH]c2ccccc12)NC(=O)[C@@H](N)Cc1c[nH]c2ccccc12)C(=O)N[C@@H](CCCN=C(N)N)C(=O)N[C@@H](Cc1c[nH]c2ccccc12)C(=O)O. The van der Waals surface area contributed by atoms with Crippen molar-refractivity contribution in [3.8, 4) is 0 Å². The van der Waals surface area contributed by atoms with Gasteiger partial charge in [-0.25, -0.2) is 4.79 Å². The number of hydrogen-bond acceptors (Lipinski definition) is 8. The number of H-pyrrole nitrogens is 3. The van der Waals surface area contributed by atoms with E-state index in [1.165, 1.54) is 0 Å². The lowest BCUT2D eigenvalue weighted by Crippen LogP contribution is -2.59. The minimum atomic E-state index is -1.63. The first-order valence-corrected chi connectivity index (χ1v) is 20.0. The van der Waals surface area contributed by atoms with E-state index in [-0.39, 0.29) is 44.6 Å². The quantitative estimate of drug-likeness (QED) is 0.0269. The molecule has 19 heteroatoms. The Balaban J connectivity index is 1.21. The zero-order valence-corrected chi connectivity index (χ0v) is 33.7. The Morgan fingerprint density at radius 1 is 0.565 bits per heavy atom. The Morgan fingerprint density at radius 2 is 0.984 bits per heavy atom. The number of carbonyl (C=O) groups is 6. The third-order valence-electron chi connectivity index (χ3n) is 10.5. The molecular formula is C43H50N12O7. The lowest BCUT2D eigenvalue weighted by molar-refractivity contribution is -0.142. The molecule has 6 rings (SSSR count). The monoisotopic (exact) mass is 846 g/mol. The summed E-state index contributed by atoms with van der Waals surface area (Å²) < 4.78 is 0. The third kappa shape index (κ3) is 11.1. The van der Waals surface area contributed by atoms with Gasteiger partial charge in [-0.05, 0) is 54.2 Å². The van der Waals surface area contributed by atoms with Crippen LogP contribution in [0, 0.1) is 0 Å². The fourth-order valence-electron chi connectivity index (χ4n) is 7.36. The van der Waals surface area contributed by atoms with Crippen molar-refractivity contribution < 1.29 is 33.9 Å². The number of carboxylic acids is 1. The highest BCUT2D eigenvalue weighted by atomic mass is 16.4. The van der Waals surface area contributed by atoms with E-state index in [1.54, 1.807) is 24.7 Å². The second-order valence-electron chi connectivity index (χ2n) is 15.0. The smallest absolute Gasteiger partial charge is 0.326 e. The number of aromatic amines is 3. The Bertz CT molecular complexity index is 2610. The number of aliphatic imine (C=N–C) groups is 1. The van der Waals surface area contributed by atoms with Crippen LogP contribution in [0.1, 0.15) is 36.0 Å². The number of aromatic nitrogens is 3. The number of fused-ring (bicyclic) bond motifs is 3. The van der Waals surface area contributed by atoms with Gasteiger partial charge in [0.05, 0.1) is 12.5 Å². The van der Waals surface area contributed by atoms with Gasteiger partial charge in [-0.2, -0.15) is 0 Å². The van der Waals surface area contributed by atoms with Gasteiger partial charge < -0.3 is 64.3 Å². The minimum Gasteiger partial charge on any atom is -0.480 e. The summed E-state index contributed by atoms with van der Waals surface area (Å²) in [5, 5.41) is 22.9. The molecule has 3 aromatic carbocycles. The van der Waals surface area contributed by atoms with E-state index in [0.717, 1.165) is 38.3 Å². The van der Waals surface area contributed by atoms with Crippen molar-refractivity contribution in [2.75, 3.05) is 6.54 Å². The van der Waals surface area contributed by atoms with Crippen molar-refractivity contribution in [2.45, 2.75) is 68.7 Å². The Labute approximate surface area is 354 Å². The number of carbonyl (C=O) groups excluding carboxylic acids is 5. The van der Waals surface area contributed by atoms with Gasteiger partial charge >= 0.3 is 5.97 Å². The molecule has 62 heavy (non-hydrogen) atoms. The molecule has 3 aromatic heterocycles. The van der Waals surface area contributed by atoms with Gasteiger partial charge in [-0.1, -0.05) is 54.6 Å². The van der Waals surface area contributed by atoms with Crippen molar-refractivity contribution in [2.24, 2.45) is 27.9 Å². The fourth-order valence-corrected chi connectivity index (χ4v) is 7.36. The number of hydrogen-bond donors (Lipinski definition) is 12. The molecule has 5 atom stereocenters. The number of nitrogens with zero attached hydrogens (tertiary/aromatic N) is 1. The molecule has 3 heterocycles. The number of carboxylic acid groups (broad SMARTS) is 1. The van der Waals surface area contributed by atoms with Crippen LogP contribution in [0.3, 0.4) is 0 Å². The van der Waals surface area contributed by atoms with Crippen LogP contribution < -0.4 is 44.2 Å². The summed E-state index contributed by atoms with van der Waals surface area (Å²) in [4.78, 5) is 93.8. The zero-order chi connectivity index (χ0) is 44.3. The van der Waals surface area contributed by atoms with Gasteiger partial charge in [0.25, 0.3) is 0 Å². The maximum Gasteiger partial charge on any atom is 0.326 e. The average molecular weight is 847 g/mol. The van der Waals surface area contributed by atoms with E-state index in [4.69, 9.17) is 22.9 Å². The predicted molar refractivity (Wildman–Crippen MR) is 233 cm³/mol. The van der Waals surface area contributed by atoms with Crippen molar-refractivity contribution in [1.82, 2.24) is 36.2 Å². The highest BCUT2D eigenvalue weighted by Crippen LogP contribution is 2.22. The molecule has 0 saturated carbocycles. The number of para-hydroxylation sites is 3. The molecule has 0 saturated heterocycles. The molecule has 0 radical (unpaired) electrons. The lowest BCUT2D eigenvalue weighted by Gasteiger charge is -2.26. The maximum absolute atomic E-state index is 14.2. The van der Waals surface area contributed by atoms with Gasteiger partial charge in [0.1, 0.15) is 24.2 Å². The third-order valence-corrected chi connectivity index (χ3v) is 10.5. The van der Waals surface area contributed by atoms with Gasteiger partial charge in [-0.15, -0.1) is 0 Å². The molecule has 0 aliphatic heterocycles. The van der Waals surface area contributed by atoms with Gasteiger partial charge in [0.15, 0.2) is 5.96 Å². The predicted octanol–water partition coefficient (Wildman–Crippen LogP) is 0.439. The first-order chi connectivity index (χ1) is 29.8. The summed E-state index contributed by atoms with van der Waals surface area (Å²) in [6, 6.07) is 15.4. The Kier molecular flexibility index (Phi) is 14.2. The number of amides is 5. The normalized spacial score (nSPS) is 13.7. The van der Waals surface area contributed by atoms with Crippen molar-refractivity contribution >= 4 is 74.2 Å². The molecule has 16 N–H and O–H groups in total. The van der Waals surface area contributed by atoms with Gasteiger partial charge in [0, 0.05) is 70.7 Å². The molecule has 6 aromatic rings. The molecule has 0 unspecified atom stereocenters. The zero-order valence-electron chi connectivity index (χ0n) is 33.7. The molecule has 0 fully saturated rings. The van der Waals surface area contributed by atoms with E-state index in [2.05, 4.69) is 41.2 Å². The number of rotatable bonds is 21. The van der Waals surface area contributed by atoms with Crippen LogP contribution in [-0.4, -0.2) is 98.3 Å². The molecular weight excluding hydrogens is 797 g/mol. The Hall–Kier alpha value is -7.67. The van der Waals surface area contributed by atoms with Crippen LogP contribution in [0.4, 0.5) is 0 Å². The van der Waals surface area contributed by atoms with E-state index < -0.39 is 72.1 Å². The van der Waals surface area contributed by atoms with Crippen LogP contribution in [-0.2, 0) is 48.0 Å². The molecule has 5 amide bonds. The first-order valence-electron chi connectivity index (χ1n) is 20.0. The lowest BCUT2D eigenvalue weighted by atomic mass is 10.0. The fraction of sp³-hybridized carbons (Fsp3) is 0.279. The summed E-state index contributed by atoms with van der Waals surface area (Å²) in [6.45, 7) is 0.0682. The number of nitrogens with one attached hydrogen (secondary N) is 7. The summed E-state index contributed by atoms with van der Waals surface area (Å²) in [5.41, 5.74) is 27.4. The molecule has 0 bridgehead atoms. The second-order valence-corrected chi connectivity index (χ2v) is 15.0. The largest absolute Gasteiger partial charge is 0.480 e. The summed E-state index contributed by atoms with van der Waals surface area (Å²) in [5.74, 6) is -5.80. The standard InChI is InChI=1S/C43H50N12O7/c44-29(16-23-20-49-30-11-4-1-8-26(23)30)38(57)53-34(17-24-21-50-31-12-5-2-9-27(24)31)40(59)54-35(19-37(45)56)41(60)52-33(14-7-15-48-43(46)47)39(58)55-36(42(61)62)18-25-22-51-32-13-6-3-10-28(25)32/h1-6,8-13,20-22,29,33-36,49-51H,7,14-19,44H2,(H2,45,56)(H,52,60)(H,53,57)(H,54,59)(H,55,58)(H,61,62)(H4,46,47,48)/t29-,33-,34-,35-,36-/m0/s1. The molecule has 0 aliphatic rings. The highest BCUT2D eigenvalue weighted by molar-refractivity contribution is 5.98.